The van der Waals surface area contributed by atoms with Crippen LogP contribution in [-0.2, 0) is 39.4 Å². The Morgan fingerprint density at radius 1 is 1.04 bits per heavy atom. The molecule has 56 heavy (non-hydrogen) atoms. The van der Waals surface area contributed by atoms with E-state index >= 15 is 0 Å². The van der Waals surface area contributed by atoms with Gasteiger partial charge >= 0.3 is 13.7 Å². The zero-order valence-corrected chi connectivity index (χ0v) is 36.8. The normalized spacial score (nSPS) is 19.6. The van der Waals surface area contributed by atoms with E-state index in [1.54, 1.807) is 44.5 Å². The fourth-order valence-corrected chi connectivity index (χ4v) is 9.14. The van der Waals surface area contributed by atoms with E-state index in [-0.39, 0.29) is 43.1 Å². The summed E-state index contributed by atoms with van der Waals surface area (Å²) in [5, 5.41) is 13.0. The Balaban J connectivity index is 2.36. The number of amides is 4. The van der Waals surface area contributed by atoms with Crippen molar-refractivity contribution in [1.29, 1.82) is 0 Å². The third kappa shape index (κ3) is 13.0. The molecule has 1 aromatic rings. The molecule has 320 valence electrons. The van der Waals surface area contributed by atoms with Crippen LogP contribution < -0.4 is 5.32 Å². The fourth-order valence-electron chi connectivity index (χ4n) is 7.84. The molecule has 0 bridgehead atoms. The first-order chi connectivity index (χ1) is 26.2. The molecule has 1 aliphatic heterocycles. The lowest BCUT2D eigenvalue weighted by Gasteiger charge is -2.45. The maximum absolute atomic E-state index is 14.3. The smallest absolute Gasteiger partial charge is 0.408 e. The van der Waals surface area contributed by atoms with Crippen molar-refractivity contribution in [2.75, 3.05) is 34.4 Å². The van der Waals surface area contributed by atoms with Gasteiger partial charge in [-0.05, 0) is 57.4 Å². The number of ether oxygens (including phenoxy) is 2. The number of unbranched alkanes of at least 4 members (excludes halogenated alkanes) is 1. The second-order valence-corrected chi connectivity index (χ2v) is 18.6. The number of nitrogens with one attached hydrogen (secondary N) is 1. The van der Waals surface area contributed by atoms with E-state index < -0.39 is 67.2 Å². The van der Waals surface area contributed by atoms with E-state index in [2.05, 4.69) is 5.32 Å². The van der Waals surface area contributed by atoms with Crippen LogP contribution in [0.3, 0.4) is 0 Å². The number of benzene rings is 1. The van der Waals surface area contributed by atoms with Crippen LogP contribution in [-0.4, -0.2) is 125 Å². The molecule has 0 saturated carbocycles. The molecular weight excluding hydrogens is 739 g/mol. The number of likely N-dealkylation sites (N-methyl/N-ethyl adjacent to an activating group) is 1. The molecule has 2 rings (SSSR count). The van der Waals surface area contributed by atoms with Gasteiger partial charge in [0.1, 0.15) is 11.8 Å². The molecule has 0 aromatic heterocycles. The molecule has 1 aliphatic rings. The first-order valence-corrected chi connectivity index (χ1v) is 21.8. The molecule has 1 aromatic carbocycles. The summed E-state index contributed by atoms with van der Waals surface area (Å²) in [6.07, 6.45) is 0.669. The molecule has 14 nitrogen and oxygen atoms in total. The van der Waals surface area contributed by atoms with Crippen LogP contribution in [0, 0.1) is 17.8 Å². The predicted molar refractivity (Wildman–Crippen MR) is 217 cm³/mol. The first kappa shape index (κ1) is 49.1. The van der Waals surface area contributed by atoms with Crippen LogP contribution in [0.5, 0.6) is 0 Å². The van der Waals surface area contributed by atoms with E-state index in [1.807, 2.05) is 65.0 Å². The lowest BCUT2D eigenvalue weighted by Crippen LogP contribution is -2.62. The highest BCUT2D eigenvalue weighted by molar-refractivity contribution is 7.53. The van der Waals surface area contributed by atoms with Gasteiger partial charge in [-0.15, -0.1) is 0 Å². The number of nitrogens with zero attached hydrogens (tertiary/aromatic N) is 3. The zero-order valence-electron chi connectivity index (χ0n) is 35.9. The molecule has 1 heterocycles. The summed E-state index contributed by atoms with van der Waals surface area (Å²) in [5.74, 6) is -3.54. The van der Waals surface area contributed by atoms with Crippen LogP contribution in [0.4, 0.5) is 4.79 Å². The molecule has 1 unspecified atom stereocenters. The van der Waals surface area contributed by atoms with Gasteiger partial charge < -0.3 is 39.1 Å². The Hall–Kier alpha value is -3.03. The molecule has 0 radical (unpaired) electrons. The molecular formula is C41H71N4O10P. The van der Waals surface area contributed by atoms with E-state index in [0.29, 0.717) is 32.2 Å². The van der Waals surface area contributed by atoms with Crippen molar-refractivity contribution >= 4 is 31.4 Å². The van der Waals surface area contributed by atoms with Crippen LogP contribution in [0.15, 0.2) is 30.3 Å². The maximum atomic E-state index is 14.3. The monoisotopic (exact) mass is 810 g/mol. The maximum Gasteiger partial charge on any atom is 0.408 e. The highest BCUT2D eigenvalue weighted by Crippen LogP contribution is 2.48. The van der Waals surface area contributed by atoms with Crippen LogP contribution in [0.25, 0.3) is 0 Å². The standard InChI is InChI=1S/C41H71N4O10P/c1-13-15-24-55-56(51,52)33(25-30-20-17-16-18-21-30)42-38(47)29(6)37(54-12)31-22-19-23-44(31)34(46)26-32(53-11)36(28(5)14-2)43(10)39(48)35(27(3)4)45(40(49)50)41(7,8)9/h16-18,20-21,27-29,31-33,35-37H,13-15,19,22-26H2,1-12H3,(H,42,47)(H,49,50)(H,51,52)/t28-,29+,31-,32+,33+,35-,36-,37+/m0/s1. The van der Waals surface area contributed by atoms with Crippen molar-refractivity contribution in [3.05, 3.63) is 35.9 Å². The Kier molecular flexibility index (Phi) is 19.5. The van der Waals surface area contributed by atoms with Gasteiger partial charge in [-0.2, -0.15) is 0 Å². The minimum Gasteiger partial charge on any atom is -0.465 e. The average molecular weight is 811 g/mol. The number of carbonyl (C=O) groups is 4. The van der Waals surface area contributed by atoms with E-state index in [9.17, 15) is 33.7 Å². The second kappa shape index (κ2) is 22.2. The van der Waals surface area contributed by atoms with Crippen LogP contribution >= 0.6 is 7.60 Å². The SMILES string of the molecule is CCCCOP(=O)(O)[C@H](Cc1ccccc1)NC(=O)[C@H](C)[C@@H](OC)[C@@H]1CCCN1C(=O)C[C@@H](OC)[C@H]([C@@H](C)CC)N(C)C(=O)[C@H](C(C)C)N(C(=O)O)C(C)(C)C. The molecule has 1 fully saturated rings. The Bertz CT molecular complexity index is 1460. The minimum absolute atomic E-state index is 0.0627. The van der Waals surface area contributed by atoms with Crippen molar-refractivity contribution < 1.29 is 47.7 Å². The van der Waals surface area contributed by atoms with E-state index in [4.69, 9.17) is 14.0 Å². The van der Waals surface area contributed by atoms with Gasteiger partial charge in [0.2, 0.25) is 17.7 Å². The summed E-state index contributed by atoms with van der Waals surface area (Å²) < 4.78 is 30.9. The average Bonchev–Trinajstić information content (AvgIpc) is 3.62. The number of hydrogen-bond acceptors (Lipinski definition) is 8. The molecule has 1 saturated heterocycles. The number of likely N-dealkylation sites (tertiary alicyclic amines) is 1. The summed E-state index contributed by atoms with van der Waals surface area (Å²) in [6.45, 7) is 17.0. The fraction of sp³-hybridized carbons (Fsp3) is 0.756. The summed E-state index contributed by atoms with van der Waals surface area (Å²) in [7, 11) is 0.367. The zero-order chi connectivity index (χ0) is 42.5. The van der Waals surface area contributed by atoms with Crippen LogP contribution in [0.2, 0.25) is 0 Å². The third-order valence-electron chi connectivity index (χ3n) is 11.1. The van der Waals surface area contributed by atoms with Crippen molar-refractivity contribution in [2.24, 2.45) is 17.8 Å². The first-order valence-electron chi connectivity index (χ1n) is 20.1. The molecule has 4 amide bonds. The Labute approximate surface area is 335 Å². The van der Waals surface area contributed by atoms with Gasteiger partial charge in [-0.3, -0.25) is 23.8 Å². The highest BCUT2D eigenvalue weighted by Gasteiger charge is 2.46. The Morgan fingerprint density at radius 2 is 1.66 bits per heavy atom. The van der Waals surface area contributed by atoms with Gasteiger partial charge in [0, 0.05) is 39.8 Å². The minimum atomic E-state index is -4.28. The van der Waals surface area contributed by atoms with Gasteiger partial charge in [-0.25, -0.2) is 4.79 Å². The van der Waals surface area contributed by atoms with Gasteiger partial charge in [0.25, 0.3) is 0 Å². The van der Waals surface area contributed by atoms with Crippen LogP contribution in [0.1, 0.15) is 106 Å². The number of rotatable bonds is 22. The van der Waals surface area contributed by atoms with Crippen molar-refractivity contribution in [3.63, 3.8) is 0 Å². The van der Waals surface area contributed by atoms with Crippen molar-refractivity contribution in [2.45, 2.75) is 149 Å². The topological polar surface area (TPSA) is 175 Å². The number of carboxylic acid groups (broad SMARTS) is 1. The van der Waals surface area contributed by atoms with Crippen molar-refractivity contribution in [3.8, 4) is 0 Å². The number of hydrogen-bond donors (Lipinski definition) is 3. The largest absolute Gasteiger partial charge is 0.465 e. The second-order valence-electron chi connectivity index (χ2n) is 16.6. The lowest BCUT2D eigenvalue weighted by molar-refractivity contribution is -0.149. The summed E-state index contributed by atoms with van der Waals surface area (Å²) in [4.78, 5) is 70.4. The summed E-state index contributed by atoms with van der Waals surface area (Å²) >= 11 is 0. The van der Waals surface area contributed by atoms with Gasteiger partial charge in [0.05, 0.1) is 43.2 Å². The number of carbonyl (C=O) groups excluding carboxylic acids is 3. The quantitative estimate of drug-likeness (QED) is 0.0879. The highest BCUT2D eigenvalue weighted by atomic mass is 31.2. The van der Waals surface area contributed by atoms with Gasteiger partial charge in [0.15, 0.2) is 0 Å². The van der Waals surface area contributed by atoms with E-state index in [1.165, 1.54) is 19.1 Å². The molecule has 3 N–H and O–H groups in total. The molecule has 9 atom stereocenters. The van der Waals surface area contributed by atoms with E-state index in [0.717, 1.165) is 12.0 Å². The molecule has 0 aliphatic carbocycles. The van der Waals surface area contributed by atoms with Crippen molar-refractivity contribution in [1.82, 2.24) is 20.0 Å². The summed E-state index contributed by atoms with van der Waals surface area (Å²) in [6, 6.07) is 7.13. The van der Waals surface area contributed by atoms with Gasteiger partial charge in [-0.1, -0.05) is 84.7 Å². The third-order valence-corrected chi connectivity index (χ3v) is 12.8. The molecule has 15 heteroatoms. The Morgan fingerprint density at radius 3 is 2.16 bits per heavy atom. The molecule has 0 spiro atoms. The predicted octanol–water partition coefficient (Wildman–Crippen LogP) is 6.40. The number of methoxy groups -OCH3 is 2. The summed E-state index contributed by atoms with van der Waals surface area (Å²) in [5.41, 5.74) is -0.0852. The lowest BCUT2D eigenvalue weighted by atomic mass is 9.88.